The molecule has 1 aromatic rings. The second-order valence-electron chi connectivity index (χ2n) is 12.4. The number of fused-ring (bicyclic) bond motifs is 1. The van der Waals surface area contributed by atoms with E-state index in [0.717, 1.165) is 0 Å². The van der Waals surface area contributed by atoms with Gasteiger partial charge in [0.15, 0.2) is 0 Å². The first-order valence-electron chi connectivity index (χ1n) is 15.3. The Labute approximate surface area is 263 Å². The summed E-state index contributed by atoms with van der Waals surface area (Å²) in [5, 5.41) is 30.0. The molecule has 2 unspecified atom stereocenters. The van der Waals surface area contributed by atoms with Gasteiger partial charge in [-0.15, -0.1) is 16.9 Å². The number of tetrazole rings is 1. The monoisotopic (exact) mass is 645 g/mol. The predicted molar refractivity (Wildman–Crippen MR) is 159 cm³/mol. The molecule has 1 aromatic heterocycles. The molecule has 0 radical (unpaired) electrons. The molecule has 6 heterocycles. The van der Waals surface area contributed by atoms with Crippen LogP contribution in [0.2, 0.25) is 0 Å². The van der Waals surface area contributed by atoms with Crippen molar-refractivity contribution in [2.45, 2.75) is 68.7 Å². The Hall–Kier alpha value is -3.61. The molecule has 5 aliphatic heterocycles. The number of carbonyl (C=O) groups is 5. The van der Waals surface area contributed by atoms with E-state index in [1.54, 1.807) is 16.7 Å². The highest BCUT2D eigenvalue weighted by molar-refractivity contribution is 8.03. The lowest BCUT2D eigenvalue weighted by Crippen LogP contribution is -2.66. The lowest BCUT2D eigenvalue weighted by molar-refractivity contribution is -0.158. The lowest BCUT2D eigenvalue weighted by Gasteiger charge is -2.47. The number of aromatic nitrogens is 4. The topological polar surface area (TPSA) is 221 Å². The number of nitrogens with one attached hydrogen (secondary N) is 3. The van der Waals surface area contributed by atoms with Crippen LogP contribution in [0.3, 0.4) is 0 Å². The first kappa shape index (κ1) is 31.4. The van der Waals surface area contributed by atoms with Gasteiger partial charge in [-0.25, -0.2) is 9.48 Å². The smallest absolute Gasteiger partial charge is 0.353 e. The van der Waals surface area contributed by atoms with Crippen LogP contribution in [0, 0.1) is 11.8 Å². The third kappa shape index (κ3) is 6.03. The highest BCUT2D eigenvalue weighted by atomic mass is 32.2. The number of carboxylic acid groups (broad SMARTS) is 1. The Morgan fingerprint density at radius 3 is 2.31 bits per heavy atom. The SMILES string of the molecule is C[C@@H](NC(=O)Cn1cnnn1)[C@H]1C(=O)N2C(C(=O)O)=C(S[C@@H]3CNC(C(=O)N4CCN(C(=O)C5C[C@H](N)CN5)CC4)C3)[C@H](C)[C@H]12. The summed E-state index contributed by atoms with van der Waals surface area (Å²) < 4.78 is 1.27. The zero-order valence-corrected chi connectivity index (χ0v) is 26.0. The van der Waals surface area contributed by atoms with E-state index in [0.29, 0.717) is 57.0 Å². The van der Waals surface area contributed by atoms with Crippen LogP contribution in [0.5, 0.6) is 0 Å². The molecular formula is C27H39N11O6S. The summed E-state index contributed by atoms with van der Waals surface area (Å²) >= 11 is 1.41. The third-order valence-corrected chi connectivity index (χ3v) is 11.0. The van der Waals surface area contributed by atoms with E-state index in [2.05, 4.69) is 31.5 Å². The number of hydrogen-bond acceptors (Lipinski definition) is 12. The summed E-state index contributed by atoms with van der Waals surface area (Å²) in [5.41, 5.74) is 5.91. The van der Waals surface area contributed by atoms with Gasteiger partial charge in [0, 0.05) is 67.4 Å². The molecule has 45 heavy (non-hydrogen) atoms. The molecular weight excluding hydrogens is 606 g/mol. The van der Waals surface area contributed by atoms with Crippen LogP contribution in [0.15, 0.2) is 16.9 Å². The van der Waals surface area contributed by atoms with E-state index in [9.17, 15) is 29.1 Å². The highest BCUT2D eigenvalue weighted by Crippen LogP contribution is 2.51. The summed E-state index contributed by atoms with van der Waals surface area (Å²) in [7, 11) is 0. The Kier molecular flexibility index (Phi) is 8.82. The summed E-state index contributed by atoms with van der Waals surface area (Å²) in [6.45, 7) is 6.54. The van der Waals surface area contributed by atoms with Gasteiger partial charge in [0.2, 0.25) is 23.6 Å². The minimum atomic E-state index is -1.17. The minimum Gasteiger partial charge on any atom is -0.477 e. The number of nitrogens with zero attached hydrogens (tertiary/aromatic N) is 7. The van der Waals surface area contributed by atoms with Crippen LogP contribution in [-0.4, -0.2) is 144 Å². The Balaban J connectivity index is 1.03. The molecule has 4 amide bonds. The zero-order chi connectivity index (χ0) is 32.0. The van der Waals surface area contributed by atoms with Crippen molar-refractivity contribution in [1.29, 1.82) is 0 Å². The molecule has 17 nitrogen and oxygen atoms in total. The summed E-state index contributed by atoms with van der Waals surface area (Å²) in [6.07, 6.45) is 2.45. The van der Waals surface area contributed by atoms with Gasteiger partial charge in [0.05, 0.1) is 24.0 Å². The number of amides is 4. The number of β-lactam (4-membered cyclic amide) rings is 1. The average Bonchev–Trinajstić information content (AvgIpc) is 3.81. The van der Waals surface area contributed by atoms with Gasteiger partial charge in [-0.3, -0.25) is 19.2 Å². The molecule has 5 aliphatic rings. The fourth-order valence-electron chi connectivity index (χ4n) is 7.19. The van der Waals surface area contributed by atoms with Crippen molar-refractivity contribution in [2.24, 2.45) is 17.6 Å². The molecule has 4 fully saturated rings. The maximum atomic E-state index is 13.4. The first-order chi connectivity index (χ1) is 21.5. The highest BCUT2D eigenvalue weighted by Gasteiger charge is 2.60. The van der Waals surface area contributed by atoms with Crippen LogP contribution in [0.1, 0.15) is 26.7 Å². The Morgan fingerprint density at radius 2 is 1.73 bits per heavy atom. The van der Waals surface area contributed by atoms with Crippen molar-refractivity contribution < 1.29 is 29.1 Å². The van der Waals surface area contributed by atoms with E-state index in [1.807, 2.05) is 6.92 Å². The quantitative estimate of drug-likeness (QED) is 0.167. The Bertz CT molecular complexity index is 1380. The number of carbonyl (C=O) groups excluding carboxylic acids is 4. The summed E-state index contributed by atoms with van der Waals surface area (Å²) in [5.74, 6) is -2.69. The van der Waals surface area contributed by atoms with Crippen LogP contribution in [0.25, 0.3) is 0 Å². The summed E-state index contributed by atoms with van der Waals surface area (Å²) in [4.78, 5) is 69.8. The van der Waals surface area contributed by atoms with Crippen LogP contribution in [-0.2, 0) is 30.5 Å². The van der Waals surface area contributed by atoms with Crippen molar-refractivity contribution in [3.63, 3.8) is 0 Å². The van der Waals surface area contributed by atoms with Crippen molar-refractivity contribution in [3.05, 3.63) is 16.9 Å². The van der Waals surface area contributed by atoms with Gasteiger partial charge < -0.3 is 41.5 Å². The van der Waals surface area contributed by atoms with Crippen LogP contribution in [0.4, 0.5) is 0 Å². The number of hydrogen-bond donors (Lipinski definition) is 5. The van der Waals surface area contributed by atoms with Crippen LogP contribution >= 0.6 is 11.8 Å². The largest absolute Gasteiger partial charge is 0.477 e. The van der Waals surface area contributed by atoms with Gasteiger partial charge in [0.25, 0.3) is 0 Å². The van der Waals surface area contributed by atoms with Crippen molar-refractivity contribution >= 4 is 41.4 Å². The molecule has 4 saturated heterocycles. The fraction of sp³-hybridized carbons (Fsp3) is 0.704. The molecule has 6 rings (SSSR count). The van der Waals surface area contributed by atoms with E-state index >= 15 is 0 Å². The maximum Gasteiger partial charge on any atom is 0.353 e. The molecule has 6 N–H and O–H groups in total. The molecule has 0 aromatic carbocycles. The average molecular weight is 646 g/mol. The molecule has 0 bridgehead atoms. The lowest BCUT2D eigenvalue weighted by atomic mass is 9.78. The number of aliphatic carboxylic acids is 1. The van der Waals surface area contributed by atoms with E-state index in [4.69, 9.17) is 5.73 Å². The molecule has 0 saturated carbocycles. The molecule has 0 spiro atoms. The molecule has 0 aliphatic carbocycles. The van der Waals surface area contributed by atoms with Gasteiger partial charge in [-0.2, -0.15) is 0 Å². The van der Waals surface area contributed by atoms with Gasteiger partial charge in [0.1, 0.15) is 18.6 Å². The second kappa shape index (κ2) is 12.6. The molecule has 18 heteroatoms. The number of carboxylic acids is 1. The van der Waals surface area contributed by atoms with E-state index < -0.39 is 30.0 Å². The van der Waals surface area contributed by atoms with Crippen molar-refractivity contribution in [2.75, 3.05) is 39.3 Å². The van der Waals surface area contributed by atoms with Crippen molar-refractivity contribution in [3.8, 4) is 0 Å². The van der Waals surface area contributed by atoms with E-state index in [1.165, 1.54) is 27.7 Å². The van der Waals surface area contributed by atoms with Crippen molar-refractivity contribution in [1.82, 2.24) is 50.9 Å². The van der Waals surface area contributed by atoms with E-state index in [-0.39, 0.29) is 59.1 Å². The number of rotatable bonds is 9. The summed E-state index contributed by atoms with van der Waals surface area (Å²) in [6, 6.07) is -1.61. The number of nitrogens with two attached hydrogens (primary N) is 1. The Morgan fingerprint density at radius 1 is 1.09 bits per heavy atom. The molecule has 8 atom stereocenters. The zero-order valence-electron chi connectivity index (χ0n) is 25.2. The number of thioether (sulfide) groups is 1. The second-order valence-corrected chi connectivity index (χ2v) is 13.8. The maximum absolute atomic E-state index is 13.4. The fourth-order valence-corrected chi connectivity index (χ4v) is 8.66. The van der Waals surface area contributed by atoms with Gasteiger partial charge in [-0.1, -0.05) is 6.92 Å². The minimum absolute atomic E-state index is 0.0146. The predicted octanol–water partition coefficient (Wildman–Crippen LogP) is -3.23. The normalized spacial score (nSPS) is 32.0. The molecule has 244 valence electrons. The van der Waals surface area contributed by atoms with Gasteiger partial charge in [-0.05, 0) is 30.2 Å². The number of piperazine rings is 1. The van der Waals surface area contributed by atoms with Crippen LogP contribution < -0.4 is 21.7 Å². The first-order valence-corrected chi connectivity index (χ1v) is 16.2. The van der Waals surface area contributed by atoms with Gasteiger partial charge >= 0.3 is 5.97 Å². The standard InChI is InChI=1S/C27H39N11O6S/c1-13-21-20(14(2)32-19(39)11-37-12-31-33-34-37)26(42)38(21)22(27(43)44)23(13)45-16-8-18(30-10-16)25(41)36-5-3-35(4-6-36)24(40)17-7-15(28)9-29-17/h12-18,20-21,29-30H,3-11,28H2,1-2H3,(H,32,39)(H,43,44)/t13-,14-,15+,16+,17?,18?,20-,21-/m1/s1. The third-order valence-electron chi connectivity index (χ3n) is 9.46.